The zero-order chi connectivity index (χ0) is 19.8. The molecule has 0 unspecified atom stereocenters. The third kappa shape index (κ3) is 3.29. The largest absolute Gasteiger partial charge is 0.274 e. The maximum Gasteiger partial charge on any atom is 0.232 e. The van der Waals surface area contributed by atoms with Crippen LogP contribution in [0.25, 0.3) is 0 Å². The van der Waals surface area contributed by atoms with Gasteiger partial charge in [-0.2, -0.15) is 10.1 Å². The summed E-state index contributed by atoms with van der Waals surface area (Å²) in [6.45, 7) is 3.74. The van der Waals surface area contributed by atoms with Crippen LogP contribution in [0.5, 0.6) is 0 Å². The second kappa shape index (κ2) is 7.36. The molecule has 7 heteroatoms. The van der Waals surface area contributed by atoms with Crippen LogP contribution in [0.1, 0.15) is 43.5 Å². The molecule has 5 nitrogen and oxygen atoms in total. The van der Waals surface area contributed by atoms with E-state index in [0.717, 1.165) is 11.1 Å². The van der Waals surface area contributed by atoms with E-state index in [4.69, 9.17) is 11.6 Å². The Morgan fingerprint density at radius 2 is 1.68 bits per heavy atom. The van der Waals surface area contributed by atoms with Crippen molar-refractivity contribution in [1.82, 2.24) is 14.8 Å². The second-order valence-electron chi connectivity index (χ2n) is 7.24. The SMILES string of the molecule is CC(C)C(=O)N1c2ncnn2[C@@H](c2ccc(F)cc2)C[C@@H]1c1ccc(Cl)cc1. The molecule has 4 rings (SSSR count). The molecule has 0 saturated heterocycles. The maximum absolute atomic E-state index is 13.4. The molecule has 0 fully saturated rings. The van der Waals surface area contributed by atoms with Gasteiger partial charge in [0.2, 0.25) is 11.9 Å². The second-order valence-corrected chi connectivity index (χ2v) is 7.67. The lowest BCUT2D eigenvalue weighted by Gasteiger charge is -2.39. The van der Waals surface area contributed by atoms with E-state index in [2.05, 4.69) is 10.1 Å². The summed E-state index contributed by atoms with van der Waals surface area (Å²) in [4.78, 5) is 19.2. The van der Waals surface area contributed by atoms with Crippen LogP contribution in [-0.2, 0) is 4.79 Å². The first kappa shape index (κ1) is 18.6. The van der Waals surface area contributed by atoms with Crippen molar-refractivity contribution in [2.75, 3.05) is 4.90 Å². The Hall–Kier alpha value is -2.73. The first-order chi connectivity index (χ1) is 13.5. The third-order valence-electron chi connectivity index (χ3n) is 5.06. The summed E-state index contributed by atoms with van der Waals surface area (Å²) >= 11 is 6.06. The summed E-state index contributed by atoms with van der Waals surface area (Å²) in [5.41, 5.74) is 1.89. The molecule has 144 valence electrons. The van der Waals surface area contributed by atoms with Crippen molar-refractivity contribution in [3.8, 4) is 0 Å². The van der Waals surface area contributed by atoms with Gasteiger partial charge in [-0.25, -0.2) is 9.07 Å². The minimum atomic E-state index is -0.288. The van der Waals surface area contributed by atoms with Gasteiger partial charge < -0.3 is 0 Å². The van der Waals surface area contributed by atoms with E-state index in [0.29, 0.717) is 17.4 Å². The highest BCUT2D eigenvalue weighted by molar-refractivity contribution is 6.30. The minimum absolute atomic E-state index is 0.0215. The molecule has 0 bridgehead atoms. The van der Waals surface area contributed by atoms with Crippen LogP contribution in [0.2, 0.25) is 5.02 Å². The predicted octanol–water partition coefficient (Wildman–Crippen LogP) is 4.79. The summed E-state index contributed by atoms with van der Waals surface area (Å²) in [7, 11) is 0. The zero-order valence-corrected chi connectivity index (χ0v) is 16.3. The molecule has 0 N–H and O–H groups in total. The number of aromatic nitrogens is 3. The van der Waals surface area contributed by atoms with Gasteiger partial charge in [-0.15, -0.1) is 0 Å². The Kier molecular flexibility index (Phi) is 4.89. The molecule has 2 atom stereocenters. The number of fused-ring (bicyclic) bond motifs is 1. The summed E-state index contributed by atoms with van der Waals surface area (Å²) < 4.78 is 15.2. The van der Waals surface area contributed by atoms with Crippen LogP contribution in [0.15, 0.2) is 54.9 Å². The topological polar surface area (TPSA) is 51.0 Å². The van der Waals surface area contributed by atoms with Crippen LogP contribution < -0.4 is 4.90 Å². The number of halogens is 2. The molecule has 0 radical (unpaired) electrons. The van der Waals surface area contributed by atoms with Crippen molar-refractivity contribution in [2.24, 2.45) is 5.92 Å². The van der Waals surface area contributed by atoms with E-state index < -0.39 is 0 Å². The van der Waals surface area contributed by atoms with Gasteiger partial charge in [0.15, 0.2) is 0 Å². The normalized spacial score (nSPS) is 19.0. The van der Waals surface area contributed by atoms with Crippen molar-refractivity contribution in [3.63, 3.8) is 0 Å². The summed E-state index contributed by atoms with van der Waals surface area (Å²) in [5, 5.41) is 5.01. The fourth-order valence-electron chi connectivity index (χ4n) is 3.66. The van der Waals surface area contributed by atoms with Crippen LogP contribution in [0.4, 0.5) is 10.3 Å². The monoisotopic (exact) mass is 398 g/mol. The summed E-state index contributed by atoms with van der Waals surface area (Å²) in [6, 6.07) is 13.5. The van der Waals surface area contributed by atoms with Gasteiger partial charge in [0.1, 0.15) is 12.1 Å². The number of rotatable bonds is 3. The smallest absolute Gasteiger partial charge is 0.232 e. The number of hydrogen-bond donors (Lipinski definition) is 0. The number of benzene rings is 2. The van der Waals surface area contributed by atoms with Crippen molar-refractivity contribution in [2.45, 2.75) is 32.4 Å². The van der Waals surface area contributed by atoms with E-state index in [1.165, 1.54) is 18.5 Å². The van der Waals surface area contributed by atoms with Gasteiger partial charge in [-0.05, 0) is 41.8 Å². The molecule has 1 aromatic heterocycles. The average Bonchev–Trinajstić information content (AvgIpc) is 3.17. The van der Waals surface area contributed by atoms with Gasteiger partial charge in [-0.3, -0.25) is 9.69 Å². The average molecular weight is 399 g/mol. The number of amides is 1. The standard InChI is InChI=1S/C21H20ClFN4O/c1-13(2)20(28)26-18(14-3-7-16(22)8-4-14)11-19(27-21(26)24-12-25-27)15-5-9-17(23)10-6-15/h3-10,12-13,18-19H,11H2,1-2H3/t18-,19-/m1/s1. The molecule has 1 aliphatic heterocycles. The Morgan fingerprint density at radius 3 is 2.32 bits per heavy atom. The molecule has 0 saturated carbocycles. The van der Waals surface area contributed by atoms with Crippen LogP contribution in [0.3, 0.4) is 0 Å². The molecular weight excluding hydrogens is 379 g/mol. The first-order valence-corrected chi connectivity index (χ1v) is 9.57. The van der Waals surface area contributed by atoms with Crippen molar-refractivity contribution >= 4 is 23.5 Å². The van der Waals surface area contributed by atoms with Gasteiger partial charge in [0.05, 0.1) is 12.1 Å². The van der Waals surface area contributed by atoms with Gasteiger partial charge >= 0.3 is 0 Å². The van der Waals surface area contributed by atoms with E-state index in [-0.39, 0.29) is 29.7 Å². The zero-order valence-electron chi connectivity index (χ0n) is 15.6. The molecule has 2 aromatic carbocycles. The Morgan fingerprint density at radius 1 is 1.07 bits per heavy atom. The Balaban J connectivity index is 1.84. The molecule has 1 amide bonds. The molecule has 2 heterocycles. The van der Waals surface area contributed by atoms with E-state index in [9.17, 15) is 9.18 Å². The highest BCUT2D eigenvalue weighted by atomic mass is 35.5. The fourth-order valence-corrected chi connectivity index (χ4v) is 3.78. The highest BCUT2D eigenvalue weighted by Crippen LogP contribution is 2.42. The number of hydrogen-bond acceptors (Lipinski definition) is 3. The highest BCUT2D eigenvalue weighted by Gasteiger charge is 2.39. The minimum Gasteiger partial charge on any atom is -0.274 e. The van der Waals surface area contributed by atoms with Gasteiger partial charge in [-0.1, -0.05) is 49.7 Å². The van der Waals surface area contributed by atoms with Crippen LogP contribution in [0, 0.1) is 11.7 Å². The molecule has 0 spiro atoms. The van der Waals surface area contributed by atoms with Gasteiger partial charge in [0, 0.05) is 10.9 Å². The van der Waals surface area contributed by atoms with Gasteiger partial charge in [0.25, 0.3) is 0 Å². The third-order valence-corrected chi connectivity index (χ3v) is 5.32. The van der Waals surface area contributed by atoms with E-state index >= 15 is 0 Å². The number of carbonyl (C=O) groups excluding carboxylic acids is 1. The molecule has 28 heavy (non-hydrogen) atoms. The fraction of sp³-hybridized carbons (Fsp3) is 0.286. The number of anilines is 1. The Bertz CT molecular complexity index is 984. The number of nitrogens with zero attached hydrogens (tertiary/aromatic N) is 4. The maximum atomic E-state index is 13.4. The molecular formula is C21H20ClFN4O. The van der Waals surface area contributed by atoms with Crippen molar-refractivity contribution in [1.29, 1.82) is 0 Å². The molecule has 1 aliphatic rings. The predicted molar refractivity (Wildman–Crippen MR) is 106 cm³/mol. The quantitative estimate of drug-likeness (QED) is 0.637. The summed E-state index contributed by atoms with van der Waals surface area (Å²) in [5.74, 6) is -0.00228. The van der Waals surface area contributed by atoms with E-state index in [1.807, 2.05) is 38.1 Å². The van der Waals surface area contributed by atoms with Crippen LogP contribution in [-0.4, -0.2) is 20.7 Å². The van der Waals surface area contributed by atoms with Crippen molar-refractivity contribution < 1.29 is 9.18 Å². The lowest BCUT2D eigenvalue weighted by atomic mass is 9.91. The molecule has 3 aromatic rings. The first-order valence-electron chi connectivity index (χ1n) is 9.19. The number of carbonyl (C=O) groups is 1. The lowest BCUT2D eigenvalue weighted by Crippen LogP contribution is -2.44. The molecule has 0 aliphatic carbocycles. The van der Waals surface area contributed by atoms with Crippen molar-refractivity contribution in [3.05, 3.63) is 76.8 Å². The lowest BCUT2D eigenvalue weighted by molar-refractivity contribution is -0.122. The Labute approximate surface area is 167 Å². The summed E-state index contributed by atoms with van der Waals surface area (Å²) in [6.07, 6.45) is 2.05. The van der Waals surface area contributed by atoms with Crippen LogP contribution >= 0.6 is 11.6 Å². The van der Waals surface area contributed by atoms with E-state index in [1.54, 1.807) is 21.7 Å².